The van der Waals surface area contributed by atoms with Crippen LogP contribution in [0.3, 0.4) is 0 Å². The number of para-hydroxylation sites is 1. The first-order chi connectivity index (χ1) is 6.63. The zero-order chi connectivity index (χ0) is 10.3. The van der Waals surface area contributed by atoms with E-state index < -0.39 is 0 Å². The first-order valence-electron chi connectivity index (χ1n) is 4.05. The van der Waals surface area contributed by atoms with E-state index in [1.807, 2.05) is 24.3 Å². The Morgan fingerprint density at radius 1 is 1.14 bits per heavy atom. The third-order valence-corrected chi connectivity index (χ3v) is 4.28. The Hall–Kier alpha value is -0.610. The fourth-order valence-corrected chi connectivity index (χ4v) is 2.40. The highest BCUT2D eigenvalue weighted by Gasteiger charge is 2.09. The molecule has 0 aliphatic rings. The molecule has 2 aromatic rings. The summed E-state index contributed by atoms with van der Waals surface area (Å²) in [5, 5.41) is 1.03. The molecule has 14 heavy (non-hydrogen) atoms. The van der Waals surface area contributed by atoms with Gasteiger partial charge in [-0.1, -0.05) is 18.2 Å². The number of hydrogen-bond donors (Lipinski definition) is 0. The number of benzene rings is 1. The van der Waals surface area contributed by atoms with Crippen LogP contribution < -0.4 is 5.56 Å². The summed E-state index contributed by atoms with van der Waals surface area (Å²) in [7, 11) is 1.77. The highest BCUT2D eigenvalue weighted by molar-refractivity contribution is 9.13. The molecule has 0 saturated heterocycles. The Labute approximate surface area is 97.8 Å². The molecule has 1 aromatic heterocycles. The fraction of sp³-hybridized carbons (Fsp3) is 0.100. The Bertz CT molecular complexity index is 560. The molecular weight excluding hydrogens is 310 g/mol. The van der Waals surface area contributed by atoms with Crippen molar-refractivity contribution in [2.75, 3.05) is 0 Å². The Morgan fingerprint density at radius 2 is 1.79 bits per heavy atom. The van der Waals surface area contributed by atoms with Gasteiger partial charge in [0.05, 0.1) is 9.99 Å². The Kier molecular flexibility index (Phi) is 2.49. The van der Waals surface area contributed by atoms with Crippen LogP contribution in [-0.2, 0) is 7.05 Å². The zero-order valence-corrected chi connectivity index (χ0v) is 10.6. The summed E-state index contributed by atoms with van der Waals surface area (Å²) in [6.07, 6.45) is 0. The predicted octanol–water partition coefficient (Wildman–Crippen LogP) is 3.06. The second kappa shape index (κ2) is 3.51. The van der Waals surface area contributed by atoms with E-state index in [0.29, 0.717) is 4.47 Å². The van der Waals surface area contributed by atoms with Crippen LogP contribution in [0.4, 0.5) is 0 Å². The van der Waals surface area contributed by atoms with Crippen molar-refractivity contribution >= 4 is 42.8 Å². The molecule has 0 amide bonds. The minimum atomic E-state index is -0.0319. The van der Waals surface area contributed by atoms with Crippen molar-refractivity contribution in [3.8, 4) is 0 Å². The standard InChI is InChI=1S/C10H7Br2NO/c1-13-7-5-3-2-4-6(7)8(11)9(12)10(13)14/h2-5H,1H3. The molecule has 0 aliphatic carbocycles. The van der Waals surface area contributed by atoms with Gasteiger partial charge in [0.1, 0.15) is 0 Å². The maximum atomic E-state index is 11.7. The minimum absolute atomic E-state index is 0.0319. The third kappa shape index (κ3) is 1.33. The molecule has 1 aromatic carbocycles. The normalized spacial score (nSPS) is 10.8. The summed E-state index contributed by atoms with van der Waals surface area (Å²) in [4.78, 5) is 11.7. The molecule has 0 aliphatic heterocycles. The van der Waals surface area contributed by atoms with Crippen LogP contribution in [0, 0.1) is 0 Å². The Morgan fingerprint density at radius 3 is 2.50 bits per heavy atom. The van der Waals surface area contributed by atoms with E-state index in [-0.39, 0.29) is 5.56 Å². The maximum Gasteiger partial charge on any atom is 0.266 e. The van der Waals surface area contributed by atoms with Crippen molar-refractivity contribution in [2.24, 2.45) is 7.05 Å². The number of hydrogen-bond acceptors (Lipinski definition) is 1. The first kappa shape index (κ1) is 9.93. The van der Waals surface area contributed by atoms with Crippen LogP contribution in [0.25, 0.3) is 10.9 Å². The van der Waals surface area contributed by atoms with E-state index in [0.717, 1.165) is 15.4 Å². The van der Waals surface area contributed by atoms with E-state index in [4.69, 9.17) is 0 Å². The van der Waals surface area contributed by atoms with E-state index in [2.05, 4.69) is 31.9 Å². The zero-order valence-electron chi connectivity index (χ0n) is 7.42. The summed E-state index contributed by atoms with van der Waals surface area (Å²) >= 11 is 6.68. The van der Waals surface area contributed by atoms with Gasteiger partial charge in [0.2, 0.25) is 0 Å². The molecule has 72 valence electrons. The number of aryl methyl sites for hydroxylation is 1. The maximum absolute atomic E-state index is 11.7. The lowest BCUT2D eigenvalue weighted by atomic mass is 10.2. The molecule has 2 nitrogen and oxygen atoms in total. The monoisotopic (exact) mass is 315 g/mol. The highest BCUT2D eigenvalue weighted by atomic mass is 79.9. The van der Waals surface area contributed by atoms with Crippen LogP contribution in [0.1, 0.15) is 0 Å². The van der Waals surface area contributed by atoms with Gasteiger partial charge in [-0.05, 0) is 37.9 Å². The van der Waals surface area contributed by atoms with Crippen molar-refractivity contribution in [1.29, 1.82) is 0 Å². The molecule has 0 atom stereocenters. The van der Waals surface area contributed by atoms with Crippen LogP contribution in [0.2, 0.25) is 0 Å². The molecule has 2 rings (SSSR count). The average molecular weight is 317 g/mol. The smallest absolute Gasteiger partial charge is 0.266 e. The van der Waals surface area contributed by atoms with Crippen molar-refractivity contribution < 1.29 is 0 Å². The number of aromatic nitrogens is 1. The molecule has 0 radical (unpaired) electrons. The molecule has 0 bridgehead atoms. The fourth-order valence-electron chi connectivity index (χ4n) is 1.42. The first-order valence-corrected chi connectivity index (χ1v) is 5.64. The number of nitrogens with zero attached hydrogens (tertiary/aromatic N) is 1. The van der Waals surface area contributed by atoms with Crippen molar-refractivity contribution in [1.82, 2.24) is 4.57 Å². The van der Waals surface area contributed by atoms with Crippen LogP contribution in [0.15, 0.2) is 38.0 Å². The summed E-state index contributed by atoms with van der Waals surface area (Å²) in [5.74, 6) is 0. The lowest BCUT2D eigenvalue weighted by Crippen LogP contribution is -2.18. The summed E-state index contributed by atoms with van der Waals surface area (Å²) in [6.45, 7) is 0. The minimum Gasteiger partial charge on any atom is -0.310 e. The lowest BCUT2D eigenvalue weighted by Gasteiger charge is -2.07. The SMILES string of the molecule is Cn1c(=O)c(Br)c(Br)c2ccccc21. The van der Waals surface area contributed by atoms with E-state index >= 15 is 0 Å². The Balaban J connectivity index is 3.10. The van der Waals surface area contributed by atoms with Gasteiger partial charge >= 0.3 is 0 Å². The third-order valence-electron chi connectivity index (χ3n) is 2.19. The predicted molar refractivity (Wildman–Crippen MR) is 64.6 cm³/mol. The van der Waals surface area contributed by atoms with Gasteiger partial charge in [-0.3, -0.25) is 4.79 Å². The summed E-state index contributed by atoms with van der Waals surface area (Å²) < 4.78 is 3.01. The van der Waals surface area contributed by atoms with E-state index in [9.17, 15) is 4.79 Å². The molecule has 4 heteroatoms. The molecule has 0 saturated carbocycles. The van der Waals surface area contributed by atoms with Gasteiger partial charge in [0, 0.05) is 16.9 Å². The second-order valence-electron chi connectivity index (χ2n) is 3.01. The van der Waals surface area contributed by atoms with Gasteiger partial charge in [0.15, 0.2) is 0 Å². The number of halogens is 2. The van der Waals surface area contributed by atoms with Gasteiger partial charge in [-0.2, -0.15) is 0 Å². The molecule has 0 spiro atoms. The molecule has 0 N–H and O–H groups in total. The average Bonchev–Trinajstić information content (AvgIpc) is 2.23. The quantitative estimate of drug-likeness (QED) is 0.732. The summed E-state index contributed by atoms with van der Waals surface area (Å²) in [5.41, 5.74) is 0.892. The highest BCUT2D eigenvalue weighted by Crippen LogP contribution is 2.27. The second-order valence-corrected chi connectivity index (χ2v) is 4.60. The van der Waals surface area contributed by atoms with Crippen molar-refractivity contribution in [2.45, 2.75) is 0 Å². The van der Waals surface area contributed by atoms with Gasteiger partial charge in [0.25, 0.3) is 5.56 Å². The van der Waals surface area contributed by atoms with Gasteiger partial charge < -0.3 is 4.57 Å². The van der Waals surface area contributed by atoms with Gasteiger partial charge in [-0.25, -0.2) is 0 Å². The molecule has 1 heterocycles. The van der Waals surface area contributed by atoms with Crippen LogP contribution in [0.5, 0.6) is 0 Å². The number of pyridine rings is 1. The van der Waals surface area contributed by atoms with Crippen LogP contribution in [-0.4, -0.2) is 4.57 Å². The van der Waals surface area contributed by atoms with Crippen molar-refractivity contribution in [3.05, 3.63) is 43.6 Å². The largest absolute Gasteiger partial charge is 0.310 e. The van der Waals surface area contributed by atoms with Crippen LogP contribution >= 0.6 is 31.9 Å². The molecule has 0 fully saturated rings. The molecular formula is C10H7Br2NO. The van der Waals surface area contributed by atoms with E-state index in [1.54, 1.807) is 11.6 Å². The number of rotatable bonds is 0. The van der Waals surface area contributed by atoms with Crippen molar-refractivity contribution in [3.63, 3.8) is 0 Å². The molecule has 0 unspecified atom stereocenters. The lowest BCUT2D eigenvalue weighted by molar-refractivity contribution is 0.897. The summed E-state index contributed by atoms with van der Waals surface area (Å²) in [6, 6.07) is 7.77. The van der Waals surface area contributed by atoms with E-state index in [1.165, 1.54) is 0 Å². The topological polar surface area (TPSA) is 22.0 Å². The van der Waals surface area contributed by atoms with Gasteiger partial charge in [-0.15, -0.1) is 0 Å². The number of fused-ring (bicyclic) bond motifs is 1.